The van der Waals surface area contributed by atoms with Crippen molar-refractivity contribution in [3.8, 4) is 6.07 Å². The predicted molar refractivity (Wildman–Crippen MR) is 59.5 cm³/mol. The number of rotatable bonds is 2. The van der Waals surface area contributed by atoms with E-state index < -0.39 is 13.9 Å². The van der Waals surface area contributed by atoms with E-state index in [1.165, 1.54) is 0 Å². The van der Waals surface area contributed by atoms with E-state index in [2.05, 4.69) is 44.6 Å². The number of hydrogen-bond acceptors (Lipinski definition) is 3. The molecule has 2 unspecified atom stereocenters. The fourth-order valence-corrected chi connectivity index (χ4v) is 3.39. The summed E-state index contributed by atoms with van der Waals surface area (Å²) < 4.78 is 6.01. The van der Waals surface area contributed by atoms with Crippen LogP contribution in [-0.4, -0.2) is 38.5 Å². The van der Waals surface area contributed by atoms with Gasteiger partial charge in [0, 0.05) is 19.0 Å². The number of nitrogens with zero attached hydrogens (tertiary/aromatic N) is 2. The molecule has 14 heavy (non-hydrogen) atoms. The average molecular weight is 212 g/mol. The van der Waals surface area contributed by atoms with Crippen molar-refractivity contribution in [3.63, 3.8) is 0 Å². The molecule has 0 spiro atoms. The van der Waals surface area contributed by atoms with Crippen LogP contribution in [0.3, 0.4) is 0 Å². The smallest absolute Gasteiger partial charge is 0.185 e. The van der Waals surface area contributed by atoms with Crippen molar-refractivity contribution in [1.29, 1.82) is 5.26 Å². The Bertz CT molecular complexity index is 244. The maximum Gasteiger partial charge on any atom is 0.185 e. The molecule has 4 heteroatoms. The maximum absolute atomic E-state index is 9.24. The third-order valence-corrected chi connectivity index (χ3v) is 3.59. The third-order valence-electron chi connectivity index (χ3n) is 2.59. The van der Waals surface area contributed by atoms with Crippen LogP contribution in [0.15, 0.2) is 0 Å². The van der Waals surface area contributed by atoms with E-state index in [1.807, 2.05) is 0 Å². The molecule has 0 N–H and O–H groups in total. The Morgan fingerprint density at radius 1 is 1.50 bits per heavy atom. The second-order valence-corrected chi connectivity index (χ2v) is 9.72. The number of nitriles is 1. The Morgan fingerprint density at radius 3 is 2.36 bits per heavy atom. The normalized spacial score (nSPS) is 34.4. The summed E-state index contributed by atoms with van der Waals surface area (Å²) in [6.45, 7) is 9.29. The highest BCUT2D eigenvalue weighted by Gasteiger charge is 2.44. The Hall–Kier alpha value is -0.373. The van der Waals surface area contributed by atoms with E-state index in [0.717, 1.165) is 13.0 Å². The Balaban J connectivity index is 2.77. The van der Waals surface area contributed by atoms with Gasteiger partial charge in [-0.1, -0.05) is 0 Å². The second kappa shape index (κ2) is 3.65. The summed E-state index contributed by atoms with van der Waals surface area (Å²) in [5, 5.41) is 9.24. The van der Waals surface area contributed by atoms with Crippen LogP contribution in [0.1, 0.15) is 13.3 Å². The van der Waals surface area contributed by atoms with Crippen molar-refractivity contribution in [2.24, 2.45) is 0 Å². The van der Waals surface area contributed by atoms with Crippen molar-refractivity contribution in [1.82, 2.24) is 4.90 Å². The molecule has 0 amide bonds. The van der Waals surface area contributed by atoms with Crippen LogP contribution in [0.4, 0.5) is 0 Å². The van der Waals surface area contributed by atoms with Gasteiger partial charge in [-0.05, 0) is 33.6 Å². The van der Waals surface area contributed by atoms with Crippen molar-refractivity contribution in [2.75, 3.05) is 13.6 Å². The van der Waals surface area contributed by atoms with Gasteiger partial charge in [0.05, 0.1) is 6.07 Å². The van der Waals surface area contributed by atoms with Gasteiger partial charge in [0.2, 0.25) is 0 Å². The van der Waals surface area contributed by atoms with Crippen molar-refractivity contribution in [2.45, 2.75) is 44.6 Å². The lowest BCUT2D eigenvalue weighted by molar-refractivity contribution is 0.130. The molecule has 0 aromatic carbocycles. The molecule has 0 bridgehead atoms. The van der Waals surface area contributed by atoms with Crippen LogP contribution in [0.2, 0.25) is 19.6 Å². The van der Waals surface area contributed by atoms with Gasteiger partial charge in [-0.2, -0.15) is 5.26 Å². The molecule has 80 valence electrons. The molecular formula is C10H20N2OSi. The van der Waals surface area contributed by atoms with Gasteiger partial charge in [-0.25, -0.2) is 0 Å². The van der Waals surface area contributed by atoms with Crippen molar-refractivity contribution >= 4 is 8.32 Å². The summed E-state index contributed by atoms with van der Waals surface area (Å²) in [5.41, 5.74) is -0.543. The summed E-state index contributed by atoms with van der Waals surface area (Å²) >= 11 is 0. The molecular weight excluding hydrogens is 192 g/mol. The van der Waals surface area contributed by atoms with Gasteiger partial charge in [0.15, 0.2) is 13.9 Å². The van der Waals surface area contributed by atoms with E-state index >= 15 is 0 Å². The first kappa shape index (κ1) is 11.7. The number of likely N-dealkylation sites (tertiary alicyclic amines) is 1. The second-order valence-electron chi connectivity index (χ2n) is 5.29. The highest BCUT2D eigenvalue weighted by molar-refractivity contribution is 6.69. The van der Waals surface area contributed by atoms with Gasteiger partial charge in [0.1, 0.15) is 0 Å². The lowest BCUT2D eigenvalue weighted by atomic mass is 10.0. The number of hydrogen-bond donors (Lipinski definition) is 0. The lowest BCUT2D eigenvalue weighted by Gasteiger charge is -2.29. The summed E-state index contributed by atoms with van der Waals surface area (Å²) in [6.07, 6.45) is 0.838. The highest BCUT2D eigenvalue weighted by Crippen LogP contribution is 2.31. The monoisotopic (exact) mass is 212 g/mol. The minimum absolute atomic E-state index is 0.450. The molecule has 0 aliphatic carbocycles. The Kier molecular flexibility index (Phi) is 3.05. The Labute approximate surface area is 87.8 Å². The maximum atomic E-state index is 9.24. The standard InChI is InChI=1S/C10H20N2OSi/c1-9-6-10(7-11,8-12(9)2)13-14(3,4)5/h9H,6,8H2,1-5H3. The fourth-order valence-electron chi connectivity index (χ4n) is 2.02. The molecule has 1 aliphatic heterocycles. The Morgan fingerprint density at radius 2 is 2.07 bits per heavy atom. The molecule has 0 saturated carbocycles. The molecule has 1 rings (SSSR count). The first-order valence-electron chi connectivity index (χ1n) is 5.10. The van der Waals surface area contributed by atoms with Crippen LogP contribution >= 0.6 is 0 Å². The molecule has 1 aliphatic rings. The topological polar surface area (TPSA) is 36.3 Å². The zero-order valence-corrected chi connectivity index (χ0v) is 10.8. The van der Waals surface area contributed by atoms with Gasteiger partial charge in [-0.3, -0.25) is 4.90 Å². The molecule has 1 heterocycles. The summed E-state index contributed by atoms with van der Waals surface area (Å²) in [6, 6.07) is 2.82. The largest absolute Gasteiger partial charge is 0.399 e. The lowest BCUT2D eigenvalue weighted by Crippen LogP contribution is -2.43. The van der Waals surface area contributed by atoms with E-state index in [9.17, 15) is 5.26 Å². The molecule has 2 atom stereocenters. The van der Waals surface area contributed by atoms with Gasteiger partial charge >= 0.3 is 0 Å². The zero-order valence-electron chi connectivity index (χ0n) is 9.79. The molecule has 1 saturated heterocycles. The first-order valence-corrected chi connectivity index (χ1v) is 8.50. The number of likely N-dealkylation sites (N-methyl/N-ethyl adjacent to an activating group) is 1. The van der Waals surface area contributed by atoms with E-state index in [-0.39, 0.29) is 0 Å². The molecule has 1 fully saturated rings. The van der Waals surface area contributed by atoms with Crippen molar-refractivity contribution in [3.05, 3.63) is 0 Å². The van der Waals surface area contributed by atoms with Crippen LogP contribution < -0.4 is 0 Å². The van der Waals surface area contributed by atoms with Gasteiger partial charge < -0.3 is 4.43 Å². The van der Waals surface area contributed by atoms with Crippen molar-refractivity contribution < 1.29 is 4.43 Å². The predicted octanol–water partition coefficient (Wildman–Crippen LogP) is 1.82. The minimum atomic E-state index is -1.62. The third kappa shape index (κ3) is 2.56. The van der Waals surface area contributed by atoms with E-state index in [1.54, 1.807) is 0 Å². The fraction of sp³-hybridized carbons (Fsp3) is 0.900. The molecule has 0 radical (unpaired) electrons. The summed E-state index contributed by atoms with van der Waals surface area (Å²) in [5.74, 6) is 0. The first-order chi connectivity index (χ1) is 6.28. The highest BCUT2D eigenvalue weighted by atomic mass is 28.4. The van der Waals surface area contributed by atoms with Crippen LogP contribution in [0.25, 0.3) is 0 Å². The van der Waals surface area contributed by atoms with Crippen LogP contribution in [0, 0.1) is 11.3 Å². The SMILES string of the molecule is CC1CC(C#N)(O[Si](C)(C)C)CN1C. The minimum Gasteiger partial charge on any atom is -0.399 e. The van der Waals surface area contributed by atoms with Crippen LogP contribution in [0.5, 0.6) is 0 Å². The molecule has 0 aromatic heterocycles. The summed E-state index contributed by atoms with van der Waals surface area (Å²) in [4.78, 5) is 2.20. The van der Waals surface area contributed by atoms with Crippen LogP contribution in [-0.2, 0) is 4.43 Å². The zero-order chi connectivity index (χ0) is 11.0. The van der Waals surface area contributed by atoms with Gasteiger partial charge in [-0.15, -0.1) is 0 Å². The quantitative estimate of drug-likeness (QED) is 0.655. The van der Waals surface area contributed by atoms with Gasteiger partial charge in [0.25, 0.3) is 0 Å². The van der Waals surface area contributed by atoms with E-state index in [4.69, 9.17) is 4.43 Å². The molecule has 3 nitrogen and oxygen atoms in total. The van der Waals surface area contributed by atoms with E-state index in [0.29, 0.717) is 6.04 Å². The summed E-state index contributed by atoms with van der Waals surface area (Å²) in [7, 11) is 0.429. The molecule has 0 aromatic rings. The average Bonchev–Trinajstić information content (AvgIpc) is 2.25.